The van der Waals surface area contributed by atoms with E-state index in [2.05, 4.69) is 9.62 Å². The standard InChI is InChI=1S/C17H25FN2O3S/c1-24(21,22)19-16-13-23-11-8-17(16)6-9-20(10-7-17)12-14-2-4-15(18)5-3-14/h2-5,16,19H,6-13H2,1H3/t16-/m0/s1. The molecule has 1 atom stereocenters. The van der Waals surface area contributed by atoms with E-state index >= 15 is 0 Å². The summed E-state index contributed by atoms with van der Waals surface area (Å²) in [6, 6.07) is 6.48. The molecule has 0 radical (unpaired) electrons. The zero-order valence-electron chi connectivity index (χ0n) is 14.0. The normalized spacial score (nSPS) is 25.0. The van der Waals surface area contributed by atoms with Crippen molar-refractivity contribution >= 4 is 10.0 Å². The van der Waals surface area contributed by atoms with E-state index in [0.29, 0.717) is 13.2 Å². The molecule has 2 aliphatic heterocycles. The van der Waals surface area contributed by atoms with Crippen molar-refractivity contribution in [3.8, 4) is 0 Å². The van der Waals surface area contributed by atoms with Crippen molar-refractivity contribution in [1.29, 1.82) is 0 Å². The summed E-state index contributed by atoms with van der Waals surface area (Å²) < 4.78 is 44.6. The third kappa shape index (κ3) is 4.33. The summed E-state index contributed by atoms with van der Waals surface area (Å²) >= 11 is 0. The molecule has 0 aromatic heterocycles. The summed E-state index contributed by atoms with van der Waals surface area (Å²) in [7, 11) is -3.24. The molecule has 0 bridgehead atoms. The molecule has 2 fully saturated rings. The maximum atomic E-state index is 13.0. The van der Waals surface area contributed by atoms with Gasteiger partial charge in [-0.15, -0.1) is 0 Å². The molecule has 2 heterocycles. The highest BCUT2D eigenvalue weighted by atomic mass is 32.2. The molecule has 7 heteroatoms. The van der Waals surface area contributed by atoms with Crippen LogP contribution in [0.2, 0.25) is 0 Å². The Kier molecular flexibility index (Phi) is 5.24. The van der Waals surface area contributed by atoms with Gasteiger partial charge in [-0.1, -0.05) is 12.1 Å². The van der Waals surface area contributed by atoms with Gasteiger partial charge in [0.2, 0.25) is 10.0 Å². The lowest BCUT2D eigenvalue weighted by atomic mass is 9.69. The van der Waals surface area contributed by atoms with E-state index in [1.807, 2.05) is 12.1 Å². The Morgan fingerprint density at radius 2 is 1.92 bits per heavy atom. The molecule has 2 aliphatic rings. The van der Waals surface area contributed by atoms with Gasteiger partial charge in [0, 0.05) is 13.2 Å². The third-order valence-corrected chi connectivity index (χ3v) is 6.01. The van der Waals surface area contributed by atoms with Gasteiger partial charge in [0.25, 0.3) is 0 Å². The summed E-state index contributed by atoms with van der Waals surface area (Å²) in [4.78, 5) is 2.35. The van der Waals surface area contributed by atoms with Gasteiger partial charge in [-0.25, -0.2) is 17.5 Å². The number of sulfonamides is 1. The van der Waals surface area contributed by atoms with Gasteiger partial charge in [0.1, 0.15) is 5.82 Å². The first kappa shape index (κ1) is 17.8. The third-order valence-electron chi connectivity index (χ3n) is 5.30. The largest absolute Gasteiger partial charge is 0.380 e. The summed E-state index contributed by atoms with van der Waals surface area (Å²) in [6.07, 6.45) is 4.00. The predicted molar refractivity (Wildman–Crippen MR) is 90.5 cm³/mol. The average Bonchev–Trinajstić information content (AvgIpc) is 2.53. The molecule has 1 aromatic carbocycles. The number of likely N-dealkylation sites (tertiary alicyclic amines) is 1. The summed E-state index contributed by atoms with van der Waals surface area (Å²) in [5, 5.41) is 0. The van der Waals surface area contributed by atoms with Crippen molar-refractivity contribution in [2.75, 3.05) is 32.6 Å². The summed E-state index contributed by atoms with van der Waals surface area (Å²) in [5.74, 6) is -0.215. The zero-order chi connectivity index (χ0) is 17.2. The first-order chi connectivity index (χ1) is 11.4. The van der Waals surface area contributed by atoms with Crippen LogP contribution < -0.4 is 4.72 Å². The number of halogens is 1. The van der Waals surface area contributed by atoms with Crippen LogP contribution in [0.5, 0.6) is 0 Å². The lowest BCUT2D eigenvalue weighted by Crippen LogP contribution is -2.57. The van der Waals surface area contributed by atoms with Gasteiger partial charge >= 0.3 is 0 Å². The van der Waals surface area contributed by atoms with Crippen molar-refractivity contribution in [2.45, 2.75) is 31.8 Å². The Morgan fingerprint density at radius 1 is 1.25 bits per heavy atom. The quantitative estimate of drug-likeness (QED) is 0.893. The molecule has 2 saturated heterocycles. The average molecular weight is 356 g/mol. The van der Waals surface area contributed by atoms with Crippen LogP contribution in [-0.4, -0.2) is 51.9 Å². The van der Waals surface area contributed by atoms with Gasteiger partial charge in [-0.2, -0.15) is 0 Å². The summed E-state index contributed by atoms with van der Waals surface area (Å²) in [5.41, 5.74) is 1.09. The molecule has 1 spiro atoms. The highest BCUT2D eigenvalue weighted by molar-refractivity contribution is 7.88. The molecule has 3 rings (SSSR count). The molecule has 5 nitrogen and oxygen atoms in total. The van der Waals surface area contributed by atoms with E-state index in [9.17, 15) is 12.8 Å². The number of hydrogen-bond acceptors (Lipinski definition) is 4. The highest BCUT2D eigenvalue weighted by Gasteiger charge is 2.44. The molecule has 0 unspecified atom stereocenters. The first-order valence-electron chi connectivity index (χ1n) is 8.38. The number of rotatable bonds is 4. The lowest BCUT2D eigenvalue weighted by molar-refractivity contribution is -0.0445. The van der Waals surface area contributed by atoms with Crippen molar-refractivity contribution in [1.82, 2.24) is 9.62 Å². The Hall–Kier alpha value is -1.02. The lowest BCUT2D eigenvalue weighted by Gasteiger charge is -2.48. The summed E-state index contributed by atoms with van der Waals surface area (Å²) in [6.45, 7) is 3.78. The molecule has 24 heavy (non-hydrogen) atoms. The molecule has 1 N–H and O–H groups in total. The van der Waals surface area contributed by atoms with Gasteiger partial charge < -0.3 is 4.74 Å². The number of ether oxygens (including phenoxy) is 1. The van der Waals surface area contributed by atoms with Crippen molar-refractivity contribution in [2.24, 2.45) is 5.41 Å². The second-order valence-electron chi connectivity index (χ2n) is 7.03. The molecular formula is C17H25FN2O3S. The molecule has 0 saturated carbocycles. The van der Waals surface area contributed by atoms with Crippen molar-refractivity contribution in [3.05, 3.63) is 35.6 Å². The number of nitrogens with zero attached hydrogens (tertiary/aromatic N) is 1. The van der Waals surface area contributed by atoms with E-state index in [4.69, 9.17) is 4.74 Å². The Balaban J connectivity index is 1.62. The Bertz CT molecular complexity index is 655. The molecular weight excluding hydrogens is 331 g/mol. The monoisotopic (exact) mass is 356 g/mol. The number of benzene rings is 1. The topological polar surface area (TPSA) is 58.6 Å². The van der Waals surface area contributed by atoms with Crippen LogP contribution in [0, 0.1) is 11.2 Å². The second kappa shape index (κ2) is 7.07. The fourth-order valence-corrected chi connectivity index (χ4v) is 4.68. The number of piperidine rings is 1. The van der Waals surface area contributed by atoms with Gasteiger partial charge in [-0.05, 0) is 55.5 Å². The van der Waals surface area contributed by atoms with Gasteiger partial charge in [0.15, 0.2) is 0 Å². The van der Waals surface area contributed by atoms with Gasteiger partial charge in [0.05, 0.1) is 18.9 Å². The molecule has 1 aromatic rings. The van der Waals surface area contributed by atoms with Crippen LogP contribution in [0.15, 0.2) is 24.3 Å². The molecule has 0 amide bonds. The zero-order valence-corrected chi connectivity index (χ0v) is 14.8. The molecule has 0 aliphatic carbocycles. The highest BCUT2D eigenvalue weighted by Crippen LogP contribution is 2.41. The Morgan fingerprint density at radius 3 is 2.54 bits per heavy atom. The smallest absolute Gasteiger partial charge is 0.209 e. The SMILES string of the molecule is CS(=O)(=O)N[C@H]1COCCC12CCN(Cc1ccc(F)cc1)CC2. The van der Waals surface area contributed by atoms with E-state index in [-0.39, 0.29) is 17.3 Å². The van der Waals surface area contributed by atoms with Gasteiger partial charge in [-0.3, -0.25) is 4.90 Å². The van der Waals surface area contributed by atoms with Crippen molar-refractivity contribution < 1.29 is 17.5 Å². The van der Waals surface area contributed by atoms with E-state index in [1.54, 1.807) is 0 Å². The van der Waals surface area contributed by atoms with Crippen LogP contribution in [0.4, 0.5) is 4.39 Å². The first-order valence-corrected chi connectivity index (χ1v) is 10.3. The van der Waals surface area contributed by atoms with Crippen LogP contribution >= 0.6 is 0 Å². The maximum Gasteiger partial charge on any atom is 0.209 e. The fourth-order valence-electron chi connectivity index (χ4n) is 3.85. The maximum absolute atomic E-state index is 13.0. The second-order valence-corrected chi connectivity index (χ2v) is 8.81. The minimum Gasteiger partial charge on any atom is -0.380 e. The fraction of sp³-hybridized carbons (Fsp3) is 0.647. The van der Waals surface area contributed by atoms with Crippen molar-refractivity contribution in [3.63, 3.8) is 0 Å². The number of hydrogen-bond donors (Lipinski definition) is 1. The van der Waals surface area contributed by atoms with Crippen LogP contribution in [-0.2, 0) is 21.3 Å². The van der Waals surface area contributed by atoms with Crippen LogP contribution in [0.1, 0.15) is 24.8 Å². The Labute approximate surface area is 143 Å². The molecule has 134 valence electrons. The number of nitrogens with one attached hydrogen (secondary N) is 1. The van der Waals surface area contributed by atoms with Crippen LogP contribution in [0.25, 0.3) is 0 Å². The van der Waals surface area contributed by atoms with E-state index in [1.165, 1.54) is 18.4 Å². The predicted octanol–water partition coefficient (Wildman–Crippen LogP) is 1.75. The minimum absolute atomic E-state index is 0.0133. The van der Waals surface area contributed by atoms with Crippen LogP contribution in [0.3, 0.4) is 0 Å². The minimum atomic E-state index is -3.24. The van der Waals surface area contributed by atoms with E-state index in [0.717, 1.165) is 44.5 Å². The van der Waals surface area contributed by atoms with E-state index < -0.39 is 10.0 Å².